The lowest BCUT2D eigenvalue weighted by Gasteiger charge is -2.24. The molecule has 4 unspecified atom stereocenters. The summed E-state index contributed by atoms with van der Waals surface area (Å²) in [5.41, 5.74) is 14.4. The number of H-pyrrole nitrogens is 2. The largest absolute Gasteiger partial charge is 0.481 e. The summed E-state index contributed by atoms with van der Waals surface area (Å²) in [5, 5.41) is 27.9. The maximum absolute atomic E-state index is 13.3. The number of nitrogens with two attached hydrogens (primary N) is 2. The van der Waals surface area contributed by atoms with Crippen molar-refractivity contribution in [1.29, 1.82) is 0 Å². The Labute approximate surface area is 262 Å². The van der Waals surface area contributed by atoms with Gasteiger partial charge in [0.05, 0.1) is 12.5 Å². The molecule has 4 rings (SSSR count). The second-order valence-corrected chi connectivity index (χ2v) is 10.9. The van der Waals surface area contributed by atoms with E-state index in [0.29, 0.717) is 5.56 Å². The van der Waals surface area contributed by atoms with Crippen LogP contribution in [-0.4, -0.2) is 79.9 Å². The molecule has 15 heteroatoms. The summed E-state index contributed by atoms with van der Waals surface area (Å²) in [7, 11) is 0. The number of hydrogen-bond donors (Lipinski definition) is 9. The van der Waals surface area contributed by atoms with Crippen molar-refractivity contribution in [1.82, 2.24) is 25.9 Å². The van der Waals surface area contributed by atoms with Crippen LogP contribution in [-0.2, 0) is 41.6 Å². The van der Waals surface area contributed by atoms with E-state index in [-0.39, 0.29) is 25.7 Å². The monoisotopic (exact) mass is 633 g/mol. The van der Waals surface area contributed by atoms with E-state index in [9.17, 15) is 39.0 Å². The van der Waals surface area contributed by atoms with Crippen LogP contribution in [0.25, 0.3) is 21.8 Å². The summed E-state index contributed by atoms with van der Waals surface area (Å²) in [6, 6.07) is 8.84. The first-order valence-electron chi connectivity index (χ1n) is 14.4. The number of carbonyl (C=O) groups excluding carboxylic acids is 4. The molecule has 2 aromatic carbocycles. The number of para-hydroxylation sites is 2. The second kappa shape index (κ2) is 14.9. The first-order valence-corrected chi connectivity index (χ1v) is 14.4. The standard InChI is InChI=1S/C31H35N7O8/c32-20(11-16-14-34-21-7-3-1-5-18(16)21)28(42)36-23(9-10-26(33)39)29(43)37-24(13-27(40)41)30(44)38-25(31(45)46)12-17-15-35-22-8-4-2-6-19(17)22/h1-8,14-15,20,23-25,34-35H,9-13,32H2,(H2,33,39)(H,36,42)(H,37,43)(H,38,44)(H,40,41)(H,45,46). The van der Waals surface area contributed by atoms with Gasteiger partial charge in [0.15, 0.2) is 0 Å². The molecule has 0 aliphatic rings. The highest BCUT2D eigenvalue weighted by Crippen LogP contribution is 2.20. The van der Waals surface area contributed by atoms with Gasteiger partial charge in [0.1, 0.15) is 18.1 Å². The summed E-state index contributed by atoms with van der Waals surface area (Å²) >= 11 is 0. The van der Waals surface area contributed by atoms with Gasteiger partial charge < -0.3 is 47.6 Å². The van der Waals surface area contributed by atoms with Gasteiger partial charge in [-0.1, -0.05) is 36.4 Å². The van der Waals surface area contributed by atoms with E-state index in [0.717, 1.165) is 27.4 Å². The van der Waals surface area contributed by atoms with Crippen LogP contribution >= 0.6 is 0 Å². The first kappa shape index (κ1) is 33.2. The lowest BCUT2D eigenvalue weighted by molar-refractivity contribution is -0.143. The highest BCUT2D eigenvalue weighted by Gasteiger charge is 2.32. The maximum Gasteiger partial charge on any atom is 0.326 e. The molecular formula is C31H35N7O8. The Hall–Kier alpha value is -5.70. The van der Waals surface area contributed by atoms with Crippen LogP contribution in [0.2, 0.25) is 0 Å². The zero-order valence-corrected chi connectivity index (χ0v) is 24.6. The zero-order chi connectivity index (χ0) is 33.4. The predicted octanol–water partition coefficient (Wildman–Crippen LogP) is 0.0409. The van der Waals surface area contributed by atoms with Gasteiger partial charge in [0, 0.05) is 47.0 Å². The van der Waals surface area contributed by atoms with Crippen molar-refractivity contribution in [2.75, 3.05) is 0 Å². The minimum Gasteiger partial charge on any atom is -0.481 e. The average Bonchev–Trinajstić information content (AvgIpc) is 3.62. The number of aliphatic carboxylic acids is 2. The Morgan fingerprint density at radius 2 is 1.20 bits per heavy atom. The zero-order valence-electron chi connectivity index (χ0n) is 24.6. The van der Waals surface area contributed by atoms with Crippen molar-refractivity contribution in [2.24, 2.45) is 11.5 Å². The molecule has 46 heavy (non-hydrogen) atoms. The van der Waals surface area contributed by atoms with E-state index < -0.39 is 66.2 Å². The molecule has 0 spiro atoms. The summed E-state index contributed by atoms with van der Waals surface area (Å²) in [6.07, 6.45) is 1.81. The van der Waals surface area contributed by atoms with Gasteiger partial charge >= 0.3 is 11.9 Å². The van der Waals surface area contributed by atoms with Crippen LogP contribution in [0, 0.1) is 0 Å². The van der Waals surface area contributed by atoms with Crippen LogP contribution in [0.5, 0.6) is 0 Å². The summed E-state index contributed by atoms with van der Waals surface area (Å²) < 4.78 is 0. The number of hydrogen-bond acceptors (Lipinski definition) is 7. The number of carbonyl (C=O) groups is 6. The lowest BCUT2D eigenvalue weighted by Crippen LogP contribution is -2.58. The van der Waals surface area contributed by atoms with E-state index in [1.54, 1.807) is 36.7 Å². The van der Waals surface area contributed by atoms with E-state index in [1.807, 2.05) is 24.3 Å². The van der Waals surface area contributed by atoms with Gasteiger partial charge in [-0.15, -0.1) is 0 Å². The molecule has 0 saturated heterocycles. The molecular weight excluding hydrogens is 598 g/mol. The third kappa shape index (κ3) is 8.47. The van der Waals surface area contributed by atoms with Crippen LogP contribution in [0.15, 0.2) is 60.9 Å². The normalized spacial score (nSPS) is 13.8. The molecule has 11 N–H and O–H groups in total. The van der Waals surface area contributed by atoms with Gasteiger partial charge in [0.2, 0.25) is 23.6 Å². The van der Waals surface area contributed by atoms with Crippen LogP contribution < -0.4 is 27.4 Å². The van der Waals surface area contributed by atoms with E-state index in [2.05, 4.69) is 25.9 Å². The molecule has 4 aromatic rings. The fraction of sp³-hybridized carbons (Fsp3) is 0.290. The summed E-state index contributed by atoms with van der Waals surface area (Å²) in [4.78, 5) is 80.8. The summed E-state index contributed by atoms with van der Waals surface area (Å²) in [6.45, 7) is 0. The molecule has 15 nitrogen and oxygen atoms in total. The number of benzene rings is 2. The van der Waals surface area contributed by atoms with E-state index in [1.165, 1.54) is 0 Å². The molecule has 0 aliphatic carbocycles. The number of aromatic amines is 2. The number of amides is 4. The van der Waals surface area contributed by atoms with Crippen molar-refractivity contribution in [3.63, 3.8) is 0 Å². The molecule has 2 heterocycles. The van der Waals surface area contributed by atoms with Crippen LogP contribution in [0.1, 0.15) is 30.4 Å². The predicted molar refractivity (Wildman–Crippen MR) is 166 cm³/mol. The molecule has 4 atom stereocenters. The number of fused-ring (bicyclic) bond motifs is 2. The van der Waals surface area contributed by atoms with Gasteiger partial charge in [-0.3, -0.25) is 24.0 Å². The first-order chi connectivity index (χ1) is 21.9. The Bertz CT molecular complexity index is 1760. The molecule has 0 bridgehead atoms. The van der Waals surface area contributed by atoms with Gasteiger partial charge in [-0.2, -0.15) is 0 Å². The topological polar surface area (TPSA) is 263 Å². The van der Waals surface area contributed by atoms with Crippen LogP contribution in [0.4, 0.5) is 0 Å². The number of primary amides is 1. The quantitative estimate of drug-likeness (QED) is 0.0805. The molecule has 2 aromatic heterocycles. The van der Waals surface area contributed by atoms with Crippen molar-refractivity contribution >= 4 is 57.4 Å². The Balaban J connectivity index is 1.46. The number of aromatic nitrogens is 2. The van der Waals surface area contributed by atoms with Crippen molar-refractivity contribution in [3.05, 3.63) is 72.1 Å². The second-order valence-electron chi connectivity index (χ2n) is 10.9. The van der Waals surface area contributed by atoms with E-state index >= 15 is 0 Å². The van der Waals surface area contributed by atoms with Crippen molar-refractivity contribution in [3.8, 4) is 0 Å². The molecule has 242 valence electrons. The summed E-state index contributed by atoms with van der Waals surface area (Å²) in [5.74, 6) is -6.40. The third-order valence-corrected chi connectivity index (χ3v) is 7.49. The minimum absolute atomic E-state index is 0.108. The lowest BCUT2D eigenvalue weighted by atomic mass is 10.0. The fourth-order valence-corrected chi connectivity index (χ4v) is 5.11. The van der Waals surface area contributed by atoms with E-state index in [4.69, 9.17) is 11.5 Å². The van der Waals surface area contributed by atoms with Gasteiger partial charge in [0.25, 0.3) is 0 Å². The third-order valence-electron chi connectivity index (χ3n) is 7.49. The number of carboxylic acids is 2. The highest BCUT2D eigenvalue weighted by atomic mass is 16.4. The van der Waals surface area contributed by atoms with Crippen molar-refractivity contribution in [2.45, 2.75) is 56.3 Å². The van der Waals surface area contributed by atoms with Gasteiger partial charge in [-0.25, -0.2) is 4.79 Å². The Morgan fingerprint density at radius 3 is 1.74 bits per heavy atom. The fourth-order valence-electron chi connectivity index (χ4n) is 5.11. The van der Waals surface area contributed by atoms with Crippen molar-refractivity contribution < 1.29 is 39.0 Å². The SMILES string of the molecule is NC(=O)CCC(NC(=O)C(N)Cc1c[nH]c2ccccc12)C(=O)NC(CC(=O)O)C(=O)NC(Cc1c[nH]c2ccccc12)C(=O)O. The molecule has 0 radical (unpaired) electrons. The molecule has 0 fully saturated rings. The number of rotatable bonds is 16. The smallest absolute Gasteiger partial charge is 0.326 e. The Kier molecular flexibility index (Phi) is 10.7. The van der Waals surface area contributed by atoms with Crippen LogP contribution in [0.3, 0.4) is 0 Å². The maximum atomic E-state index is 13.3. The van der Waals surface area contributed by atoms with Gasteiger partial charge in [-0.05, 0) is 36.1 Å². The molecule has 0 saturated carbocycles. The average molecular weight is 634 g/mol. The minimum atomic E-state index is -1.72. The highest BCUT2D eigenvalue weighted by molar-refractivity contribution is 5.96. The number of nitrogens with one attached hydrogen (secondary N) is 5. The number of carboxylic acid groups (broad SMARTS) is 2. The molecule has 0 aliphatic heterocycles. The Morgan fingerprint density at radius 1 is 0.696 bits per heavy atom. The molecule has 4 amide bonds.